The maximum Gasteiger partial charge on any atom is 0.277 e. The highest BCUT2D eigenvalue weighted by Crippen LogP contribution is 2.38. The molecule has 0 spiro atoms. The smallest absolute Gasteiger partial charge is 0.277 e. The number of hydrogen-bond acceptors (Lipinski definition) is 7. The maximum atomic E-state index is 13.6. The van der Waals surface area contributed by atoms with Crippen LogP contribution in [0.15, 0.2) is 70.4 Å². The van der Waals surface area contributed by atoms with Crippen molar-refractivity contribution in [3.63, 3.8) is 0 Å². The summed E-state index contributed by atoms with van der Waals surface area (Å²) >= 11 is 1.21. The molecule has 7 nitrogen and oxygen atoms in total. The van der Waals surface area contributed by atoms with Gasteiger partial charge < -0.3 is 9.40 Å². The van der Waals surface area contributed by atoms with E-state index >= 15 is 0 Å². The number of H-pyrrole nitrogens is 1. The second-order valence-electron chi connectivity index (χ2n) is 7.96. The number of rotatable bonds is 7. The molecule has 3 heterocycles. The number of thioether (sulfide) groups is 1. The van der Waals surface area contributed by atoms with Crippen molar-refractivity contribution in [1.82, 2.24) is 15.2 Å². The van der Waals surface area contributed by atoms with Gasteiger partial charge in [0.05, 0.1) is 11.5 Å². The van der Waals surface area contributed by atoms with Crippen molar-refractivity contribution >= 4 is 38.3 Å². The van der Waals surface area contributed by atoms with E-state index in [4.69, 9.17) is 4.42 Å². The van der Waals surface area contributed by atoms with E-state index in [-0.39, 0.29) is 23.2 Å². The van der Waals surface area contributed by atoms with E-state index in [1.54, 1.807) is 6.20 Å². The Hall–Kier alpha value is -2.91. The summed E-state index contributed by atoms with van der Waals surface area (Å²) in [5.41, 5.74) is 2.35. The summed E-state index contributed by atoms with van der Waals surface area (Å²) in [5.74, 6) is 0.712. The van der Waals surface area contributed by atoms with Crippen LogP contribution in [0.4, 0.5) is 0 Å². The van der Waals surface area contributed by atoms with Crippen LogP contribution in [0, 0.1) is 5.92 Å². The Morgan fingerprint density at radius 2 is 1.91 bits per heavy atom. The Bertz CT molecular complexity index is 1360. The number of nitrogens with one attached hydrogen (secondary N) is 1. The molecule has 32 heavy (non-hydrogen) atoms. The lowest BCUT2D eigenvalue weighted by atomic mass is 10.0. The first-order valence-corrected chi connectivity index (χ1v) is 13.0. The largest absolute Gasteiger partial charge is 0.416 e. The number of hydrogen-bond donors (Lipinski definition) is 1. The van der Waals surface area contributed by atoms with Crippen LogP contribution in [-0.2, 0) is 16.3 Å². The number of aromatic amines is 1. The molecule has 5 rings (SSSR count). The number of ketones is 1. The highest BCUT2D eigenvalue weighted by Gasteiger charge is 2.31. The molecule has 2 aromatic carbocycles. The van der Waals surface area contributed by atoms with E-state index in [1.165, 1.54) is 11.8 Å². The molecule has 0 amide bonds. The van der Waals surface area contributed by atoms with Crippen molar-refractivity contribution in [3.8, 4) is 0 Å². The van der Waals surface area contributed by atoms with Crippen LogP contribution in [0.3, 0.4) is 0 Å². The molecule has 1 aliphatic heterocycles. The zero-order chi connectivity index (χ0) is 22.1. The molecule has 9 heteroatoms. The molecule has 4 aromatic rings. The number of benzene rings is 2. The Labute approximate surface area is 189 Å². The first-order chi connectivity index (χ1) is 15.5. The van der Waals surface area contributed by atoms with E-state index in [1.807, 2.05) is 54.6 Å². The minimum absolute atomic E-state index is 0.00364. The van der Waals surface area contributed by atoms with Crippen molar-refractivity contribution in [1.29, 1.82) is 0 Å². The third-order valence-electron chi connectivity index (χ3n) is 5.65. The molecule has 0 aliphatic carbocycles. The molecule has 164 valence electrons. The van der Waals surface area contributed by atoms with Gasteiger partial charge >= 0.3 is 0 Å². The molecule has 2 unspecified atom stereocenters. The fourth-order valence-electron chi connectivity index (χ4n) is 4.07. The molecule has 2 atom stereocenters. The molecular weight excluding hydrogens is 446 g/mol. The van der Waals surface area contributed by atoms with Crippen LogP contribution in [0.2, 0.25) is 0 Å². The normalized spacial score (nSPS) is 18.7. The van der Waals surface area contributed by atoms with Crippen LogP contribution in [-0.4, -0.2) is 40.9 Å². The minimum atomic E-state index is -2.96. The summed E-state index contributed by atoms with van der Waals surface area (Å²) in [6.45, 7) is 0. The van der Waals surface area contributed by atoms with Crippen molar-refractivity contribution in [2.24, 2.45) is 5.92 Å². The highest BCUT2D eigenvalue weighted by molar-refractivity contribution is 8.00. The zero-order valence-electron chi connectivity index (χ0n) is 17.1. The molecule has 1 N–H and O–H groups in total. The zero-order valence-corrected chi connectivity index (χ0v) is 18.7. The Morgan fingerprint density at radius 3 is 2.69 bits per heavy atom. The van der Waals surface area contributed by atoms with Gasteiger partial charge in [0.15, 0.2) is 15.6 Å². The summed E-state index contributed by atoms with van der Waals surface area (Å²) in [6.07, 6.45) is 2.78. The fourth-order valence-corrected chi connectivity index (χ4v) is 6.89. The number of aromatic nitrogens is 3. The van der Waals surface area contributed by atoms with Crippen LogP contribution in [0.25, 0.3) is 10.9 Å². The standard InChI is InChI=1S/C23H21N3O4S2/c27-21(18-13-24-19-9-5-4-8-17(18)19)22(16-6-2-1-3-7-16)31-23-26-25-20(30-23)12-15-10-11-32(28,29)14-15/h1-9,13,15,22,24H,10-12,14H2. The number of para-hydroxylation sites is 1. The lowest BCUT2D eigenvalue weighted by molar-refractivity contribution is 0.0990. The van der Waals surface area contributed by atoms with Gasteiger partial charge in [-0.3, -0.25) is 4.79 Å². The lowest BCUT2D eigenvalue weighted by Gasteiger charge is -2.13. The van der Waals surface area contributed by atoms with Gasteiger partial charge in [0.25, 0.3) is 5.22 Å². The molecular formula is C23H21N3O4S2. The van der Waals surface area contributed by atoms with E-state index in [0.717, 1.165) is 16.5 Å². The molecule has 0 bridgehead atoms. The molecule has 1 aliphatic rings. The summed E-state index contributed by atoms with van der Waals surface area (Å²) in [5, 5.41) is 8.82. The van der Waals surface area contributed by atoms with Gasteiger partial charge in [-0.1, -0.05) is 48.5 Å². The topological polar surface area (TPSA) is 106 Å². The number of Topliss-reactive ketones (excluding diaryl/α,β-unsaturated/α-hetero) is 1. The third kappa shape index (κ3) is 4.35. The second-order valence-corrected chi connectivity index (χ2v) is 11.2. The molecule has 0 saturated carbocycles. The van der Waals surface area contributed by atoms with Crippen molar-refractivity contribution in [3.05, 3.63) is 77.8 Å². The number of carbonyl (C=O) groups excluding carboxylic acids is 1. The maximum absolute atomic E-state index is 13.6. The predicted molar refractivity (Wildman–Crippen MR) is 122 cm³/mol. The second kappa shape index (κ2) is 8.55. The van der Waals surface area contributed by atoms with Gasteiger partial charge in [0.1, 0.15) is 5.25 Å². The molecule has 1 saturated heterocycles. The summed E-state index contributed by atoms with van der Waals surface area (Å²) in [4.78, 5) is 16.7. The van der Waals surface area contributed by atoms with Gasteiger partial charge in [-0.05, 0) is 35.7 Å². The Balaban J connectivity index is 1.40. The summed E-state index contributed by atoms with van der Waals surface area (Å²) < 4.78 is 29.2. The quantitative estimate of drug-likeness (QED) is 0.320. The van der Waals surface area contributed by atoms with Gasteiger partial charge in [0.2, 0.25) is 5.89 Å². The first-order valence-electron chi connectivity index (χ1n) is 10.3. The first kappa shape index (κ1) is 21.0. The van der Waals surface area contributed by atoms with Crippen molar-refractivity contribution < 1.29 is 17.6 Å². The van der Waals surface area contributed by atoms with Crippen LogP contribution in [0.5, 0.6) is 0 Å². The number of carbonyl (C=O) groups is 1. The molecule has 0 radical (unpaired) electrons. The van der Waals surface area contributed by atoms with Gasteiger partial charge in [-0.2, -0.15) is 0 Å². The number of nitrogens with zero attached hydrogens (tertiary/aromatic N) is 2. The van der Waals surface area contributed by atoms with Crippen LogP contribution in [0.1, 0.15) is 33.5 Å². The number of sulfone groups is 1. The van der Waals surface area contributed by atoms with E-state index in [2.05, 4.69) is 15.2 Å². The Kier molecular flexibility index (Phi) is 5.60. The summed E-state index contributed by atoms with van der Waals surface area (Å²) in [7, 11) is -2.96. The highest BCUT2D eigenvalue weighted by atomic mass is 32.2. The Morgan fingerprint density at radius 1 is 1.12 bits per heavy atom. The van der Waals surface area contributed by atoms with Gasteiger partial charge in [-0.15, -0.1) is 10.2 Å². The van der Waals surface area contributed by atoms with Crippen LogP contribution >= 0.6 is 11.8 Å². The minimum Gasteiger partial charge on any atom is -0.416 e. The number of fused-ring (bicyclic) bond motifs is 1. The SMILES string of the molecule is O=C(c1c[nH]c2ccccc12)C(Sc1nnc(CC2CCS(=O)(=O)C2)o1)c1ccccc1. The average Bonchev–Trinajstić information content (AvgIpc) is 3.51. The van der Waals surface area contributed by atoms with E-state index in [0.29, 0.717) is 29.5 Å². The van der Waals surface area contributed by atoms with Gasteiger partial charge in [-0.25, -0.2) is 8.42 Å². The van der Waals surface area contributed by atoms with Crippen molar-refractivity contribution in [2.45, 2.75) is 23.3 Å². The van der Waals surface area contributed by atoms with Gasteiger partial charge in [0, 0.05) is 29.1 Å². The van der Waals surface area contributed by atoms with E-state index < -0.39 is 15.1 Å². The van der Waals surface area contributed by atoms with Crippen molar-refractivity contribution in [2.75, 3.05) is 11.5 Å². The monoisotopic (exact) mass is 467 g/mol. The average molecular weight is 468 g/mol. The molecule has 2 aromatic heterocycles. The third-order valence-corrected chi connectivity index (χ3v) is 8.58. The van der Waals surface area contributed by atoms with Crippen LogP contribution < -0.4 is 0 Å². The lowest BCUT2D eigenvalue weighted by Crippen LogP contribution is -2.09. The molecule has 1 fully saturated rings. The fraction of sp³-hybridized carbons (Fsp3) is 0.261. The predicted octanol–water partition coefficient (Wildman–Crippen LogP) is 4.24. The summed E-state index contributed by atoms with van der Waals surface area (Å²) in [6, 6.07) is 17.2. The van der Waals surface area contributed by atoms with E-state index in [9.17, 15) is 13.2 Å².